The summed E-state index contributed by atoms with van der Waals surface area (Å²) in [6, 6.07) is 7.67. The van der Waals surface area contributed by atoms with Crippen LogP contribution in [0.2, 0.25) is 0 Å². The molecular formula is C13H14BrN3O2. The summed E-state index contributed by atoms with van der Waals surface area (Å²) in [5.74, 6) is 0. The number of anilines is 1. The van der Waals surface area contributed by atoms with E-state index in [-0.39, 0.29) is 11.2 Å². The molecule has 0 aliphatic carbocycles. The Morgan fingerprint density at radius 2 is 2.00 bits per heavy atom. The summed E-state index contributed by atoms with van der Waals surface area (Å²) in [6.45, 7) is 0.372. The highest BCUT2D eigenvalue weighted by Crippen LogP contribution is 2.15. The molecule has 0 amide bonds. The maximum Gasteiger partial charge on any atom is 0.330 e. The zero-order chi connectivity index (χ0) is 14.0. The van der Waals surface area contributed by atoms with Crippen molar-refractivity contribution in [1.82, 2.24) is 9.13 Å². The van der Waals surface area contributed by atoms with E-state index in [9.17, 15) is 9.59 Å². The van der Waals surface area contributed by atoms with Gasteiger partial charge in [-0.1, -0.05) is 22.0 Å². The summed E-state index contributed by atoms with van der Waals surface area (Å²) in [5.41, 5.74) is 0.858. The van der Waals surface area contributed by atoms with Crippen LogP contribution in [0.25, 0.3) is 0 Å². The fourth-order valence-electron chi connectivity index (χ4n) is 1.80. The molecule has 2 aromatic rings. The molecule has 5 nitrogen and oxygen atoms in total. The zero-order valence-corrected chi connectivity index (χ0v) is 12.3. The summed E-state index contributed by atoms with van der Waals surface area (Å²) < 4.78 is 3.47. The first-order chi connectivity index (χ1) is 8.99. The van der Waals surface area contributed by atoms with Gasteiger partial charge in [-0.2, -0.15) is 0 Å². The lowest BCUT2D eigenvalue weighted by atomic mass is 10.3. The Hall–Kier alpha value is -1.82. The maximum absolute atomic E-state index is 11.9. The van der Waals surface area contributed by atoms with Crippen LogP contribution in [0, 0.1) is 0 Å². The Morgan fingerprint density at radius 3 is 2.68 bits per heavy atom. The predicted octanol–water partition coefficient (Wildman–Crippen LogP) is 1.46. The lowest BCUT2D eigenvalue weighted by Crippen LogP contribution is -2.38. The molecule has 0 saturated heterocycles. The van der Waals surface area contributed by atoms with Gasteiger partial charge in [-0.05, 0) is 18.2 Å². The van der Waals surface area contributed by atoms with Crippen LogP contribution in [-0.2, 0) is 20.6 Å². The second-order valence-electron chi connectivity index (χ2n) is 4.28. The van der Waals surface area contributed by atoms with Crippen molar-refractivity contribution in [2.75, 3.05) is 5.32 Å². The normalized spacial score (nSPS) is 10.5. The summed E-state index contributed by atoms with van der Waals surface area (Å²) in [5, 5.41) is 3.16. The van der Waals surface area contributed by atoms with Crippen molar-refractivity contribution in [3.8, 4) is 0 Å². The minimum absolute atomic E-state index is 0.273. The first-order valence-corrected chi connectivity index (χ1v) is 6.53. The predicted molar refractivity (Wildman–Crippen MR) is 78.4 cm³/mol. The molecule has 0 aliphatic rings. The van der Waals surface area contributed by atoms with Crippen LogP contribution < -0.4 is 16.6 Å². The Bertz CT molecular complexity index is 719. The number of benzene rings is 1. The van der Waals surface area contributed by atoms with Crippen LogP contribution >= 0.6 is 15.9 Å². The first kappa shape index (κ1) is 13.6. The van der Waals surface area contributed by atoms with Gasteiger partial charge in [0.25, 0.3) is 5.56 Å². The molecule has 0 bridgehead atoms. The highest BCUT2D eigenvalue weighted by atomic mass is 79.9. The molecule has 0 saturated carbocycles. The quantitative estimate of drug-likeness (QED) is 0.930. The molecule has 0 atom stereocenters. The van der Waals surface area contributed by atoms with Gasteiger partial charge in [0.1, 0.15) is 0 Å². The van der Waals surface area contributed by atoms with Crippen molar-refractivity contribution in [1.29, 1.82) is 0 Å². The zero-order valence-electron chi connectivity index (χ0n) is 10.7. The Morgan fingerprint density at radius 1 is 1.26 bits per heavy atom. The highest BCUT2D eigenvalue weighted by molar-refractivity contribution is 9.10. The van der Waals surface area contributed by atoms with Gasteiger partial charge >= 0.3 is 5.69 Å². The van der Waals surface area contributed by atoms with E-state index >= 15 is 0 Å². The molecule has 1 aromatic carbocycles. The van der Waals surface area contributed by atoms with Gasteiger partial charge in [-0.25, -0.2) is 4.79 Å². The standard InChI is InChI=1S/C13H14BrN3O2/c1-16-8-9(12(18)17(2)13(16)19)7-15-11-5-3-4-10(14)6-11/h3-6,8,15H,7H2,1-2H3. The molecule has 0 spiro atoms. The number of rotatable bonds is 3. The lowest BCUT2D eigenvalue weighted by molar-refractivity contribution is 0.671. The molecule has 0 fully saturated rings. The van der Waals surface area contributed by atoms with Gasteiger partial charge in [-0.3, -0.25) is 9.36 Å². The first-order valence-electron chi connectivity index (χ1n) is 5.74. The van der Waals surface area contributed by atoms with Crippen LogP contribution in [0.3, 0.4) is 0 Å². The lowest BCUT2D eigenvalue weighted by Gasteiger charge is -2.09. The van der Waals surface area contributed by atoms with Gasteiger partial charge in [0.2, 0.25) is 0 Å². The summed E-state index contributed by atoms with van der Waals surface area (Å²) in [4.78, 5) is 23.5. The van der Waals surface area contributed by atoms with E-state index in [1.807, 2.05) is 24.3 Å². The van der Waals surface area contributed by atoms with Gasteiger partial charge in [0, 0.05) is 37.0 Å². The number of halogens is 1. The van der Waals surface area contributed by atoms with Crippen LogP contribution in [-0.4, -0.2) is 9.13 Å². The average molecular weight is 324 g/mol. The van der Waals surface area contributed by atoms with Gasteiger partial charge in [0.05, 0.1) is 5.56 Å². The molecule has 2 rings (SSSR count). The SMILES string of the molecule is Cn1cc(CNc2cccc(Br)c2)c(=O)n(C)c1=O. The van der Waals surface area contributed by atoms with E-state index in [1.165, 1.54) is 11.6 Å². The summed E-state index contributed by atoms with van der Waals surface area (Å²) in [6.07, 6.45) is 1.57. The molecule has 19 heavy (non-hydrogen) atoms. The van der Waals surface area contributed by atoms with Crippen molar-refractivity contribution < 1.29 is 0 Å². The molecule has 6 heteroatoms. The molecular weight excluding hydrogens is 310 g/mol. The second kappa shape index (κ2) is 5.44. The Kier molecular flexibility index (Phi) is 3.90. The maximum atomic E-state index is 11.9. The number of aryl methyl sites for hydroxylation is 1. The Balaban J connectivity index is 2.26. The van der Waals surface area contributed by atoms with Crippen LogP contribution in [0.4, 0.5) is 5.69 Å². The average Bonchev–Trinajstić information content (AvgIpc) is 2.39. The fourth-order valence-corrected chi connectivity index (χ4v) is 2.20. The largest absolute Gasteiger partial charge is 0.381 e. The van der Waals surface area contributed by atoms with Crippen molar-refractivity contribution in [3.63, 3.8) is 0 Å². The smallest absolute Gasteiger partial charge is 0.330 e. The molecule has 100 valence electrons. The minimum Gasteiger partial charge on any atom is -0.381 e. The Labute approximate surface area is 118 Å². The number of hydrogen-bond donors (Lipinski definition) is 1. The van der Waals surface area contributed by atoms with Crippen molar-refractivity contribution in [2.24, 2.45) is 14.1 Å². The third-order valence-electron chi connectivity index (χ3n) is 2.83. The third kappa shape index (κ3) is 2.96. The van der Waals surface area contributed by atoms with Gasteiger partial charge < -0.3 is 9.88 Å². The molecule has 0 unspecified atom stereocenters. The van der Waals surface area contributed by atoms with Crippen molar-refractivity contribution in [2.45, 2.75) is 6.54 Å². The fraction of sp³-hybridized carbons (Fsp3) is 0.231. The molecule has 1 aromatic heterocycles. The number of nitrogens with one attached hydrogen (secondary N) is 1. The van der Waals surface area contributed by atoms with Crippen LogP contribution in [0.5, 0.6) is 0 Å². The second-order valence-corrected chi connectivity index (χ2v) is 5.19. The number of hydrogen-bond acceptors (Lipinski definition) is 3. The topological polar surface area (TPSA) is 56.0 Å². The van der Waals surface area contributed by atoms with E-state index in [2.05, 4.69) is 21.2 Å². The van der Waals surface area contributed by atoms with E-state index in [0.717, 1.165) is 14.7 Å². The van der Waals surface area contributed by atoms with E-state index in [0.29, 0.717) is 12.1 Å². The monoisotopic (exact) mass is 323 g/mol. The molecule has 0 aliphatic heterocycles. The van der Waals surface area contributed by atoms with E-state index < -0.39 is 0 Å². The van der Waals surface area contributed by atoms with Gasteiger partial charge in [-0.15, -0.1) is 0 Å². The van der Waals surface area contributed by atoms with Crippen LogP contribution in [0.1, 0.15) is 5.56 Å². The van der Waals surface area contributed by atoms with E-state index in [1.54, 1.807) is 13.2 Å². The highest BCUT2D eigenvalue weighted by Gasteiger charge is 2.06. The summed E-state index contributed by atoms with van der Waals surface area (Å²) >= 11 is 3.38. The van der Waals surface area contributed by atoms with E-state index in [4.69, 9.17) is 0 Å². The van der Waals surface area contributed by atoms with Crippen molar-refractivity contribution >= 4 is 21.6 Å². The van der Waals surface area contributed by atoms with Crippen LogP contribution in [0.15, 0.2) is 44.5 Å². The van der Waals surface area contributed by atoms with Gasteiger partial charge in [0.15, 0.2) is 0 Å². The molecule has 0 radical (unpaired) electrons. The summed E-state index contributed by atoms with van der Waals surface area (Å²) in [7, 11) is 3.11. The number of nitrogens with zero attached hydrogens (tertiary/aromatic N) is 2. The third-order valence-corrected chi connectivity index (χ3v) is 3.32. The minimum atomic E-state index is -0.323. The van der Waals surface area contributed by atoms with Crippen molar-refractivity contribution in [3.05, 3.63) is 61.3 Å². The molecule has 1 heterocycles. The molecule has 1 N–H and O–H groups in total. The number of aromatic nitrogens is 2.